The molecule has 3 amide bonds. The van der Waals surface area contributed by atoms with Crippen LogP contribution < -0.4 is 25.6 Å². The molecular weight excluding hydrogens is 566 g/mol. The third-order valence-corrected chi connectivity index (χ3v) is 7.51. The minimum Gasteiger partial charge on any atom is -0.497 e. The van der Waals surface area contributed by atoms with Crippen LogP contribution in [0.25, 0.3) is 22.1 Å². The van der Waals surface area contributed by atoms with E-state index in [-0.39, 0.29) is 17.4 Å². The molecule has 0 aliphatic carbocycles. The van der Waals surface area contributed by atoms with Crippen molar-refractivity contribution in [2.75, 3.05) is 31.0 Å². The topological polar surface area (TPSA) is 163 Å². The molecule has 210 valence electrons. The second-order valence-electron chi connectivity index (χ2n) is 8.56. The Labute approximate surface area is 242 Å². The lowest BCUT2D eigenvalue weighted by atomic mass is 10.2. The van der Waals surface area contributed by atoms with Crippen molar-refractivity contribution in [3.63, 3.8) is 0 Å². The molecule has 2 aromatic heterocycles. The van der Waals surface area contributed by atoms with Crippen molar-refractivity contribution >= 4 is 69.0 Å². The predicted molar refractivity (Wildman–Crippen MR) is 157 cm³/mol. The highest BCUT2D eigenvalue weighted by atomic mass is 32.2. The van der Waals surface area contributed by atoms with Crippen LogP contribution >= 0.6 is 23.5 Å². The van der Waals surface area contributed by atoms with Gasteiger partial charge in [0.2, 0.25) is 11.8 Å². The maximum absolute atomic E-state index is 12.4. The maximum atomic E-state index is 12.4. The monoisotopic (exact) mass is 591 g/mol. The highest BCUT2D eigenvalue weighted by Gasteiger charge is 2.12. The molecule has 0 fully saturated rings. The predicted octanol–water partition coefficient (Wildman–Crippen LogP) is 3.74. The number of carbonyl (C=O) groups excluding carboxylic acids is 3. The van der Waals surface area contributed by atoms with Crippen molar-refractivity contribution < 1.29 is 23.9 Å². The first kappa shape index (κ1) is 27.9. The summed E-state index contributed by atoms with van der Waals surface area (Å²) in [5, 5.41) is 3.98. The second kappa shape index (κ2) is 12.7. The molecule has 0 unspecified atom stereocenters. The van der Waals surface area contributed by atoms with E-state index in [1.165, 1.54) is 23.5 Å². The fourth-order valence-corrected chi connectivity index (χ4v) is 5.10. The third kappa shape index (κ3) is 7.10. The number of imidazole rings is 2. The van der Waals surface area contributed by atoms with Crippen LogP contribution in [0.5, 0.6) is 11.5 Å². The number of benzene rings is 3. The first-order valence-corrected chi connectivity index (χ1v) is 14.2. The largest absolute Gasteiger partial charge is 0.497 e. The van der Waals surface area contributed by atoms with Crippen LogP contribution in [0.3, 0.4) is 0 Å². The number of amides is 3. The van der Waals surface area contributed by atoms with Gasteiger partial charge >= 0.3 is 0 Å². The Balaban J connectivity index is 1.05. The smallest absolute Gasteiger partial charge is 0.269 e. The van der Waals surface area contributed by atoms with E-state index in [0.717, 1.165) is 27.8 Å². The molecule has 14 heteroatoms. The Bertz CT molecular complexity index is 1720. The van der Waals surface area contributed by atoms with Gasteiger partial charge in [-0.15, -0.1) is 0 Å². The molecule has 0 saturated heterocycles. The summed E-state index contributed by atoms with van der Waals surface area (Å²) >= 11 is 2.48. The fourth-order valence-electron chi connectivity index (χ4n) is 3.73. The number of hydrogen-bond acceptors (Lipinski definition) is 9. The maximum Gasteiger partial charge on any atom is 0.269 e. The lowest BCUT2D eigenvalue weighted by Crippen LogP contribution is -2.42. The minimum absolute atomic E-state index is 0.0441. The van der Waals surface area contributed by atoms with Crippen LogP contribution in [0.4, 0.5) is 5.69 Å². The van der Waals surface area contributed by atoms with Gasteiger partial charge < -0.3 is 24.8 Å². The first-order chi connectivity index (χ1) is 19.9. The van der Waals surface area contributed by atoms with E-state index in [4.69, 9.17) is 9.47 Å². The third-order valence-electron chi connectivity index (χ3n) is 5.76. The molecule has 0 spiro atoms. The minimum atomic E-state index is -0.492. The Morgan fingerprint density at radius 1 is 0.732 bits per heavy atom. The summed E-state index contributed by atoms with van der Waals surface area (Å²) < 4.78 is 10.4. The highest BCUT2D eigenvalue weighted by molar-refractivity contribution is 8.00. The van der Waals surface area contributed by atoms with Crippen LogP contribution in [0.15, 0.2) is 71.0 Å². The van der Waals surface area contributed by atoms with Crippen LogP contribution in [0.1, 0.15) is 10.4 Å². The standard InChI is InChI=1S/C27H25N7O5S2/c1-38-17-7-9-19-21(11-17)31-26(29-19)40-13-23(35)28-16-5-3-15(4-6-16)25(37)34-33-24(36)14-41-27-30-20-10-8-18(39-2)12-22(20)32-27/h3-12H,13-14H2,1-2H3,(H,28,35)(H,29,31)(H,30,32)(H,33,36)(H,34,37). The summed E-state index contributed by atoms with van der Waals surface area (Å²) in [6.45, 7) is 0. The van der Waals surface area contributed by atoms with Crippen molar-refractivity contribution in [3.8, 4) is 11.5 Å². The molecule has 0 radical (unpaired) electrons. The molecule has 5 rings (SSSR count). The van der Waals surface area contributed by atoms with E-state index >= 15 is 0 Å². The number of fused-ring (bicyclic) bond motifs is 2. The van der Waals surface area contributed by atoms with Gasteiger partial charge in [0.25, 0.3) is 5.91 Å². The van der Waals surface area contributed by atoms with E-state index in [0.29, 0.717) is 27.3 Å². The Kier molecular flexibility index (Phi) is 8.60. The van der Waals surface area contributed by atoms with Gasteiger partial charge in [-0.2, -0.15) is 0 Å². The summed E-state index contributed by atoms with van der Waals surface area (Å²) in [5.74, 6) is 0.496. The number of anilines is 1. The first-order valence-electron chi connectivity index (χ1n) is 12.2. The number of hydrogen-bond donors (Lipinski definition) is 5. The van der Waals surface area contributed by atoms with Crippen LogP contribution in [-0.4, -0.2) is 63.4 Å². The number of hydrazine groups is 1. The van der Waals surface area contributed by atoms with Crippen molar-refractivity contribution in [2.45, 2.75) is 10.3 Å². The van der Waals surface area contributed by atoms with Gasteiger partial charge in [-0.05, 0) is 48.5 Å². The van der Waals surface area contributed by atoms with E-state index in [1.807, 2.05) is 36.4 Å². The lowest BCUT2D eigenvalue weighted by Gasteiger charge is -2.08. The molecule has 41 heavy (non-hydrogen) atoms. The number of aromatic nitrogens is 4. The van der Waals surface area contributed by atoms with Crippen LogP contribution in [0.2, 0.25) is 0 Å². The van der Waals surface area contributed by atoms with Gasteiger partial charge in [-0.1, -0.05) is 23.5 Å². The van der Waals surface area contributed by atoms with Gasteiger partial charge in [0.1, 0.15) is 11.5 Å². The normalized spacial score (nSPS) is 10.9. The zero-order valence-electron chi connectivity index (χ0n) is 21.9. The van der Waals surface area contributed by atoms with Crippen molar-refractivity contribution in [1.29, 1.82) is 0 Å². The molecule has 0 aliphatic rings. The Morgan fingerprint density at radius 3 is 1.80 bits per heavy atom. The van der Waals surface area contributed by atoms with Gasteiger partial charge in [0, 0.05) is 23.4 Å². The van der Waals surface area contributed by atoms with Gasteiger partial charge in [-0.3, -0.25) is 25.2 Å². The van der Waals surface area contributed by atoms with E-state index < -0.39 is 11.8 Å². The van der Waals surface area contributed by atoms with E-state index in [1.54, 1.807) is 38.5 Å². The number of nitrogens with zero attached hydrogens (tertiary/aromatic N) is 2. The quantitative estimate of drug-likeness (QED) is 0.120. The number of methoxy groups -OCH3 is 2. The zero-order chi connectivity index (χ0) is 28.8. The van der Waals surface area contributed by atoms with E-state index in [2.05, 4.69) is 36.1 Å². The summed E-state index contributed by atoms with van der Waals surface area (Å²) in [6.07, 6.45) is 0. The Hall–Kier alpha value is -4.69. The average Bonchev–Trinajstić information content (AvgIpc) is 3.60. The molecule has 0 aliphatic heterocycles. The summed E-state index contributed by atoms with van der Waals surface area (Å²) in [4.78, 5) is 52.2. The Morgan fingerprint density at radius 2 is 1.27 bits per heavy atom. The lowest BCUT2D eigenvalue weighted by molar-refractivity contribution is -0.119. The molecule has 3 aromatic carbocycles. The number of aromatic amines is 2. The number of ether oxygens (including phenoxy) is 2. The number of rotatable bonds is 10. The van der Waals surface area contributed by atoms with Gasteiger partial charge in [0.05, 0.1) is 47.8 Å². The van der Waals surface area contributed by atoms with Gasteiger partial charge in [-0.25, -0.2) is 9.97 Å². The average molecular weight is 592 g/mol. The molecule has 12 nitrogen and oxygen atoms in total. The van der Waals surface area contributed by atoms with Crippen molar-refractivity contribution in [1.82, 2.24) is 30.8 Å². The summed E-state index contributed by atoms with van der Waals surface area (Å²) in [7, 11) is 3.18. The fraction of sp³-hybridized carbons (Fsp3) is 0.148. The highest BCUT2D eigenvalue weighted by Crippen LogP contribution is 2.24. The molecule has 0 saturated carbocycles. The molecule has 2 heterocycles. The number of H-pyrrole nitrogens is 2. The molecular formula is C27H25N7O5S2. The summed E-state index contributed by atoms with van der Waals surface area (Å²) in [5.41, 5.74) is 8.78. The second-order valence-corrected chi connectivity index (χ2v) is 10.5. The molecule has 5 aromatic rings. The van der Waals surface area contributed by atoms with Crippen LogP contribution in [0, 0.1) is 0 Å². The van der Waals surface area contributed by atoms with Crippen molar-refractivity contribution in [2.24, 2.45) is 0 Å². The number of nitrogens with one attached hydrogen (secondary N) is 5. The number of thioether (sulfide) groups is 2. The van der Waals surface area contributed by atoms with Crippen molar-refractivity contribution in [3.05, 3.63) is 66.2 Å². The zero-order valence-corrected chi connectivity index (χ0v) is 23.6. The molecule has 0 bridgehead atoms. The SMILES string of the molecule is COc1ccc2nc(SCC(=O)NNC(=O)c3ccc(NC(=O)CSc4nc5ccc(OC)cc5[nH]4)cc3)[nH]c2c1. The molecule has 5 N–H and O–H groups in total. The summed E-state index contributed by atoms with van der Waals surface area (Å²) in [6, 6.07) is 17.3. The molecule has 0 atom stereocenters. The van der Waals surface area contributed by atoms with Gasteiger partial charge in [0.15, 0.2) is 10.3 Å². The van der Waals surface area contributed by atoms with E-state index in [9.17, 15) is 14.4 Å². The van der Waals surface area contributed by atoms with Crippen LogP contribution in [-0.2, 0) is 9.59 Å². The number of carbonyl (C=O) groups is 3.